The molecule has 1 aliphatic rings. The summed E-state index contributed by atoms with van der Waals surface area (Å²) in [6, 6.07) is 3.90. The molecule has 0 amide bonds. The molecule has 0 bridgehead atoms. The Morgan fingerprint density at radius 1 is 1.35 bits per heavy atom. The highest BCUT2D eigenvalue weighted by atomic mass is 28.4. The number of nitrogen functional groups attached to an aromatic ring is 1. The fourth-order valence-corrected chi connectivity index (χ4v) is 3.62. The lowest BCUT2D eigenvalue weighted by atomic mass is 10.2. The highest BCUT2D eigenvalue weighted by Crippen LogP contribution is 2.38. The summed E-state index contributed by atoms with van der Waals surface area (Å²) >= 11 is 0. The van der Waals surface area contributed by atoms with Gasteiger partial charge in [0.1, 0.15) is 5.82 Å². The smallest absolute Gasteiger partial charge is 0.192 e. The van der Waals surface area contributed by atoms with E-state index in [9.17, 15) is 0 Å². The quantitative estimate of drug-likeness (QED) is 0.869. The van der Waals surface area contributed by atoms with Gasteiger partial charge in [-0.25, -0.2) is 4.98 Å². The molecule has 112 valence electrons. The van der Waals surface area contributed by atoms with Crippen molar-refractivity contribution < 1.29 is 4.43 Å². The number of hydrogen-bond acceptors (Lipinski definition) is 4. The van der Waals surface area contributed by atoms with Crippen molar-refractivity contribution in [3.8, 4) is 0 Å². The van der Waals surface area contributed by atoms with Gasteiger partial charge in [-0.2, -0.15) is 0 Å². The van der Waals surface area contributed by atoms with Crippen molar-refractivity contribution in [3.05, 3.63) is 18.3 Å². The molecule has 2 heterocycles. The standard InChI is InChI=1S/C15H27N3OSi/c1-15(2,3)20(4,5)19-13-8-9-18(11-13)12-6-7-14(16)17-10-12/h6-7,10,13H,8-9,11H2,1-5H3,(H2,16,17). The Morgan fingerprint density at radius 2 is 2.05 bits per heavy atom. The highest BCUT2D eigenvalue weighted by molar-refractivity contribution is 6.74. The molecular formula is C15H27N3OSi. The molecule has 0 radical (unpaired) electrons. The van der Waals surface area contributed by atoms with E-state index in [4.69, 9.17) is 10.2 Å². The molecule has 0 saturated carbocycles. The molecule has 0 aromatic carbocycles. The number of hydrogen-bond donors (Lipinski definition) is 1. The summed E-state index contributed by atoms with van der Waals surface area (Å²) in [6.45, 7) is 13.5. The average molecular weight is 293 g/mol. The normalized spacial score (nSPS) is 20.4. The van der Waals surface area contributed by atoms with E-state index in [1.165, 1.54) is 0 Å². The fraction of sp³-hybridized carbons (Fsp3) is 0.667. The largest absolute Gasteiger partial charge is 0.412 e. The first-order valence-corrected chi connectivity index (χ1v) is 10.2. The van der Waals surface area contributed by atoms with Gasteiger partial charge in [-0.15, -0.1) is 0 Å². The summed E-state index contributed by atoms with van der Waals surface area (Å²) in [4.78, 5) is 6.50. The Hall–Kier alpha value is -1.07. The van der Waals surface area contributed by atoms with Gasteiger partial charge < -0.3 is 15.1 Å². The Kier molecular flexibility index (Phi) is 4.11. The van der Waals surface area contributed by atoms with Crippen LogP contribution in [0.2, 0.25) is 18.1 Å². The minimum Gasteiger partial charge on any atom is -0.412 e. The maximum atomic E-state index is 6.49. The number of nitrogens with zero attached hydrogens (tertiary/aromatic N) is 2. The Bertz CT molecular complexity index is 453. The van der Waals surface area contributed by atoms with E-state index in [1.807, 2.05) is 18.3 Å². The molecular weight excluding hydrogens is 266 g/mol. The van der Waals surface area contributed by atoms with Crippen LogP contribution in [0.15, 0.2) is 18.3 Å². The average Bonchev–Trinajstić information content (AvgIpc) is 2.76. The van der Waals surface area contributed by atoms with Gasteiger partial charge >= 0.3 is 0 Å². The maximum Gasteiger partial charge on any atom is 0.192 e. The van der Waals surface area contributed by atoms with Crippen molar-refractivity contribution >= 4 is 19.8 Å². The maximum absolute atomic E-state index is 6.49. The van der Waals surface area contributed by atoms with Crippen LogP contribution < -0.4 is 10.6 Å². The van der Waals surface area contributed by atoms with Crippen molar-refractivity contribution in [1.82, 2.24) is 4.98 Å². The van der Waals surface area contributed by atoms with Crippen LogP contribution in [-0.2, 0) is 4.43 Å². The van der Waals surface area contributed by atoms with Crippen LogP contribution in [0.25, 0.3) is 0 Å². The van der Waals surface area contributed by atoms with E-state index in [2.05, 4.69) is 43.7 Å². The van der Waals surface area contributed by atoms with Crippen molar-refractivity contribution in [3.63, 3.8) is 0 Å². The van der Waals surface area contributed by atoms with Gasteiger partial charge in [-0.05, 0) is 36.7 Å². The second kappa shape index (κ2) is 5.37. The van der Waals surface area contributed by atoms with Gasteiger partial charge in [0.05, 0.1) is 18.0 Å². The summed E-state index contributed by atoms with van der Waals surface area (Å²) in [5.74, 6) is 0.571. The lowest BCUT2D eigenvalue weighted by Gasteiger charge is -2.38. The molecule has 20 heavy (non-hydrogen) atoms. The molecule has 1 atom stereocenters. The fourth-order valence-electron chi connectivity index (χ4n) is 2.24. The first-order valence-electron chi connectivity index (χ1n) is 7.33. The van der Waals surface area contributed by atoms with E-state index < -0.39 is 8.32 Å². The van der Waals surface area contributed by atoms with Crippen LogP contribution in [0.5, 0.6) is 0 Å². The number of rotatable bonds is 3. The van der Waals surface area contributed by atoms with Crippen molar-refractivity contribution in [2.24, 2.45) is 0 Å². The summed E-state index contributed by atoms with van der Waals surface area (Å²) in [5.41, 5.74) is 6.77. The number of aromatic nitrogens is 1. The van der Waals surface area contributed by atoms with Crippen molar-refractivity contribution in [2.45, 2.75) is 51.4 Å². The Balaban J connectivity index is 1.98. The van der Waals surface area contributed by atoms with Crippen molar-refractivity contribution in [1.29, 1.82) is 0 Å². The van der Waals surface area contributed by atoms with Gasteiger partial charge in [-0.1, -0.05) is 20.8 Å². The molecule has 2 rings (SSSR count). The molecule has 0 aliphatic carbocycles. The number of pyridine rings is 1. The zero-order valence-electron chi connectivity index (χ0n) is 13.3. The van der Waals surface area contributed by atoms with Gasteiger partial charge in [-0.3, -0.25) is 0 Å². The lowest BCUT2D eigenvalue weighted by Crippen LogP contribution is -2.44. The monoisotopic (exact) mass is 293 g/mol. The third kappa shape index (κ3) is 3.33. The number of nitrogens with two attached hydrogens (primary N) is 1. The van der Waals surface area contributed by atoms with E-state index in [-0.39, 0.29) is 5.04 Å². The Morgan fingerprint density at radius 3 is 2.60 bits per heavy atom. The first kappa shape index (κ1) is 15.3. The minimum absolute atomic E-state index is 0.267. The molecule has 1 unspecified atom stereocenters. The predicted octanol–water partition coefficient (Wildman–Crippen LogP) is 3.26. The van der Waals surface area contributed by atoms with Crippen LogP contribution in [0.3, 0.4) is 0 Å². The van der Waals surface area contributed by atoms with E-state index in [0.717, 1.165) is 25.2 Å². The van der Waals surface area contributed by atoms with Crippen LogP contribution >= 0.6 is 0 Å². The van der Waals surface area contributed by atoms with Crippen LogP contribution in [-0.4, -0.2) is 32.5 Å². The summed E-state index contributed by atoms with van der Waals surface area (Å²) in [7, 11) is -1.67. The molecule has 0 spiro atoms. The zero-order valence-corrected chi connectivity index (χ0v) is 14.3. The highest BCUT2D eigenvalue weighted by Gasteiger charge is 2.40. The van der Waals surface area contributed by atoms with Gasteiger partial charge in [0, 0.05) is 13.1 Å². The van der Waals surface area contributed by atoms with Gasteiger partial charge in [0.25, 0.3) is 0 Å². The van der Waals surface area contributed by atoms with Gasteiger partial charge in [0.15, 0.2) is 8.32 Å². The number of anilines is 2. The third-order valence-electron chi connectivity index (χ3n) is 4.55. The molecule has 1 fully saturated rings. The lowest BCUT2D eigenvalue weighted by molar-refractivity contribution is 0.202. The third-order valence-corrected chi connectivity index (χ3v) is 9.08. The summed E-state index contributed by atoms with van der Waals surface area (Å²) in [6.07, 6.45) is 3.29. The van der Waals surface area contributed by atoms with Crippen molar-refractivity contribution in [2.75, 3.05) is 23.7 Å². The summed E-state index contributed by atoms with van der Waals surface area (Å²) in [5, 5.41) is 0.267. The van der Waals surface area contributed by atoms with Crippen LogP contribution in [0.1, 0.15) is 27.2 Å². The second-order valence-corrected chi connectivity index (χ2v) is 11.9. The SMILES string of the molecule is CC(C)(C)[Si](C)(C)OC1CCN(c2ccc(N)nc2)C1. The Labute approximate surface area is 123 Å². The summed E-state index contributed by atoms with van der Waals surface area (Å²) < 4.78 is 6.49. The van der Waals surface area contributed by atoms with Gasteiger partial charge in [0.2, 0.25) is 0 Å². The molecule has 1 aromatic heterocycles. The molecule has 4 nitrogen and oxygen atoms in total. The zero-order chi connectivity index (χ0) is 15.0. The second-order valence-electron chi connectivity index (χ2n) is 7.18. The molecule has 1 aliphatic heterocycles. The van der Waals surface area contributed by atoms with Crippen LogP contribution in [0.4, 0.5) is 11.5 Å². The van der Waals surface area contributed by atoms with E-state index >= 15 is 0 Å². The predicted molar refractivity (Wildman–Crippen MR) is 87.5 cm³/mol. The molecule has 1 saturated heterocycles. The molecule has 1 aromatic rings. The van der Waals surface area contributed by atoms with Crippen LogP contribution in [0, 0.1) is 0 Å². The van der Waals surface area contributed by atoms with E-state index in [1.54, 1.807) is 0 Å². The topological polar surface area (TPSA) is 51.4 Å². The molecule has 2 N–H and O–H groups in total. The molecule has 5 heteroatoms. The minimum atomic E-state index is -1.67. The van der Waals surface area contributed by atoms with E-state index in [0.29, 0.717) is 11.9 Å². The first-order chi connectivity index (χ1) is 9.19.